The Morgan fingerprint density at radius 1 is 1.28 bits per heavy atom. The molecule has 2 atom stereocenters. The summed E-state index contributed by atoms with van der Waals surface area (Å²) in [4.78, 5) is 16.8. The maximum absolute atomic E-state index is 12.3. The van der Waals surface area contributed by atoms with Crippen molar-refractivity contribution in [3.8, 4) is 0 Å². The van der Waals surface area contributed by atoms with Crippen molar-refractivity contribution in [3.63, 3.8) is 0 Å². The van der Waals surface area contributed by atoms with Gasteiger partial charge in [0.2, 0.25) is 0 Å². The molecular formula is C17H27N5O2S. The highest BCUT2D eigenvalue weighted by Gasteiger charge is 2.34. The second-order valence-corrected chi connectivity index (χ2v) is 7.92. The van der Waals surface area contributed by atoms with Crippen molar-refractivity contribution in [2.75, 3.05) is 51.6 Å². The average Bonchev–Trinajstić information content (AvgIpc) is 3.07. The smallest absolute Gasteiger partial charge is 0.272 e. The van der Waals surface area contributed by atoms with Gasteiger partial charge >= 0.3 is 0 Å². The van der Waals surface area contributed by atoms with Crippen LogP contribution in [0.2, 0.25) is 0 Å². The number of nitrogens with one attached hydrogen (secondary N) is 1. The number of rotatable bonds is 5. The van der Waals surface area contributed by atoms with Crippen molar-refractivity contribution < 1.29 is 9.53 Å². The number of amides is 1. The lowest BCUT2D eigenvalue weighted by atomic mass is 10.1. The standard InChI is InChI=1S/C17H27N5O2S/c1-21(2)14-10-22(11-15(14)25-3)16-5-4-13(19-20-16)17(23)18-12-6-8-24-9-7-12/h4-5,12,14-15H,6-11H2,1-3H3,(H,18,23). The summed E-state index contributed by atoms with van der Waals surface area (Å²) in [6.45, 7) is 3.29. The van der Waals surface area contributed by atoms with Gasteiger partial charge in [-0.1, -0.05) is 0 Å². The summed E-state index contributed by atoms with van der Waals surface area (Å²) in [6, 6.07) is 4.34. The third-order valence-electron chi connectivity index (χ3n) is 4.97. The Morgan fingerprint density at radius 2 is 2.04 bits per heavy atom. The topological polar surface area (TPSA) is 70.6 Å². The number of aromatic nitrogens is 2. The molecule has 2 saturated heterocycles. The molecule has 3 rings (SSSR count). The summed E-state index contributed by atoms with van der Waals surface area (Å²) < 4.78 is 5.31. The molecule has 0 radical (unpaired) electrons. The van der Waals surface area contributed by atoms with Crippen molar-refractivity contribution in [1.29, 1.82) is 0 Å². The number of likely N-dealkylation sites (N-methyl/N-ethyl adjacent to an activating group) is 1. The van der Waals surface area contributed by atoms with Crippen LogP contribution in [0.1, 0.15) is 23.3 Å². The normalized spacial score (nSPS) is 24.7. The Bertz CT molecular complexity index is 577. The van der Waals surface area contributed by atoms with Gasteiger partial charge in [0.1, 0.15) is 0 Å². The van der Waals surface area contributed by atoms with Crippen LogP contribution < -0.4 is 10.2 Å². The fraction of sp³-hybridized carbons (Fsp3) is 0.706. The van der Waals surface area contributed by atoms with Gasteiger partial charge in [-0.05, 0) is 45.3 Å². The SMILES string of the molecule is CSC1CN(c2ccc(C(=O)NC3CCOCC3)nn2)CC1N(C)C. The molecule has 0 aliphatic carbocycles. The van der Waals surface area contributed by atoms with Crippen LogP contribution in [0.4, 0.5) is 5.82 Å². The van der Waals surface area contributed by atoms with Gasteiger partial charge in [0.05, 0.1) is 0 Å². The second-order valence-electron chi connectivity index (χ2n) is 6.85. The molecule has 138 valence electrons. The summed E-state index contributed by atoms with van der Waals surface area (Å²) in [7, 11) is 4.24. The van der Waals surface area contributed by atoms with Crippen LogP contribution in [0.3, 0.4) is 0 Å². The van der Waals surface area contributed by atoms with Gasteiger partial charge in [-0.3, -0.25) is 4.79 Å². The molecule has 1 aromatic heterocycles. The van der Waals surface area contributed by atoms with Gasteiger partial charge in [-0.15, -0.1) is 10.2 Å². The quantitative estimate of drug-likeness (QED) is 0.830. The molecule has 0 aromatic carbocycles. The average molecular weight is 366 g/mol. The van der Waals surface area contributed by atoms with Gasteiger partial charge in [0, 0.05) is 43.6 Å². The maximum Gasteiger partial charge on any atom is 0.272 e. The Balaban J connectivity index is 1.61. The minimum absolute atomic E-state index is 0.152. The van der Waals surface area contributed by atoms with E-state index >= 15 is 0 Å². The maximum atomic E-state index is 12.3. The predicted molar refractivity (Wildman–Crippen MR) is 100 cm³/mol. The molecule has 0 spiro atoms. The summed E-state index contributed by atoms with van der Waals surface area (Å²) in [5, 5.41) is 12.0. The van der Waals surface area contributed by atoms with Crippen molar-refractivity contribution in [2.45, 2.75) is 30.2 Å². The van der Waals surface area contributed by atoms with Gasteiger partial charge in [0.15, 0.2) is 11.5 Å². The van der Waals surface area contributed by atoms with E-state index in [1.165, 1.54) is 0 Å². The molecule has 2 unspecified atom stereocenters. The summed E-state index contributed by atoms with van der Waals surface area (Å²) in [5.74, 6) is 0.687. The number of carbonyl (C=O) groups is 1. The Morgan fingerprint density at radius 3 is 2.60 bits per heavy atom. The first-order chi connectivity index (χ1) is 12.1. The van der Waals surface area contributed by atoms with E-state index in [1.807, 2.05) is 17.8 Å². The first-order valence-electron chi connectivity index (χ1n) is 8.75. The monoisotopic (exact) mass is 365 g/mol. The van der Waals surface area contributed by atoms with Crippen LogP contribution in [0.15, 0.2) is 12.1 Å². The molecule has 0 saturated carbocycles. The van der Waals surface area contributed by atoms with Gasteiger partial charge in [-0.25, -0.2) is 0 Å². The highest BCUT2D eigenvalue weighted by molar-refractivity contribution is 7.99. The molecule has 1 amide bonds. The molecular weight excluding hydrogens is 338 g/mol. The predicted octanol–water partition coefficient (Wildman–Crippen LogP) is 0.867. The summed E-state index contributed by atoms with van der Waals surface area (Å²) in [6.07, 6.45) is 3.86. The molecule has 1 N–H and O–H groups in total. The Hall–Kier alpha value is -1.38. The van der Waals surface area contributed by atoms with E-state index in [9.17, 15) is 4.79 Å². The molecule has 1 aromatic rings. The number of ether oxygens (including phenoxy) is 1. The lowest BCUT2D eigenvalue weighted by molar-refractivity contribution is 0.0693. The molecule has 2 aliphatic rings. The Kier molecular flexibility index (Phi) is 6.14. The van der Waals surface area contributed by atoms with E-state index in [-0.39, 0.29) is 11.9 Å². The van der Waals surface area contributed by atoms with Crippen LogP contribution in [0.5, 0.6) is 0 Å². The zero-order chi connectivity index (χ0) is 17.8. The molecule has 7 nitrogen and oxygen atoms in total. The van der Waals surface area contributed by atoms with E-state index in [0.29, 0.717) is 30.2 Å². The first-order valence-corrected chi connectivity index (χ1v) is 10.0. The number of hydrogen-bond donors (Lipinski definition) is 1. The van der Waals surface area contributed by atoms with Crippen LogP contribution in [0, 0.1) is 0 Å². The molecule has 2 fully saturated rings. The van der Waals surface area contributed by atoms with Crippen LogP contribution in [0.25, 0.3) is 0 Å². The fourth-order valence-electron chi connectivity index (χ4n) is 3.39. The van der Waals surface area contributed by atoms with E-state index in [2.05, 4.69) is 45.7 Å². The molecule has 25 heavy (non-hydrogen) atoms. The molecule has 8 heteroatoms. The largest absolute Gasteiger partial charge is 0.381 e. The van der Waals surface area contributed by atoms with Gasteiger partial charge in [0.25, 0.3) is 5.91 Å². The Labute approximate surface area is 153 Å². The zero-order valence-corrected chi connectivity index (χ0v) is 16.0. The third kappa shape index (κ3) is 4.43. The molecule has 0 bridgehead atoms. The number of nitrogens with zero attached hydrogens (tertiary/aromatic N) is 4. The van der Waals surface area contributed by atoms with Crippen molar-refractivity contribution in [3.05, 3.63) is 17.8 Å². The highest BCUT2D eigenvalue weighted by Crippen LogP contribution is 2.27. The minimum Gasteiger partial charge on any atom is -0.381 e. The van der Waals surface area contributed by atoms with E-state index in [0.717, 1.165) is 31.7 Å². The van der Waals surface area contributed by atoms with E-state index in [4.69, 9.17) is 4.74 Å². The third-order valence-corrected chi connectivity index (χ3v) is 6.04. The lowest BCUT2D eigenvalue weighted by Gasteiger charge is -2.23. The van der Waals surface area contributed by atoms with Gasteiger partial charge in [-0.2, -0.15) is 11.8 Å². The number of hydrogen-bond acceptors (Lipinski definition) is 7. The summed E-state index contributed by atoms with van der Waals surface area (Å²) in [5.41, 5.74) is 0.375. The van der Waals surface area contributed by atoms with Crippen LogP contribution >= 0.6 is 11.8 Å². The zero-order valence-electron chi connectivity index (χ0n) is 15.1. The van der Waals surface area contributed by atoms with Crippen molar-refractivity contribution >= 4 is 23.5 Å². The van der Waals surface area contributed by atoms with Crippen LogP contribution in [-0.2, 0) is 4.74 Å². The lowest BCUT2D eigenvalue weighted by Crippen LogP contribution is -2.39. The molecule has 2 aliphatic heterocycles. The number of carbonyl (C=O) groups excluding carboxylic acids is 1. The molecule has 3 heterocycles. The first kappa shape index (κ1) is 18.4. The van der Waals surface area contributed by atoms with E-state index in [1.54, 1.807) is 6.07 Å². The minimum atomic E-state index is -0.152. The van der Waals surface area contributed by atoms with Crippen LogP contribution in [-0.4, -0.2) is 85.0 Å². The highest BCUT2D eigenvalue weighted by atomic mass is 32.2. The second kappa shape index (κ2) is 8.33. The summed E-state index contributed by atoms with van der Waals surface area (Å²) >= 11 is 1.89. The fourth-order valence-corrected chi connectivity index (χ4v) is 4.36. The number of thioether (sulfide) groups is 1. The van der Waals surface area contributed by atoms with Gasteiger partial charge < -0.3 is 19.9 Å². The number of anilines is 1. The van der Waals surface area contributed by atoms with E-state index < -0.39 is 0 Å². The van der Waals surface area contributed by atoms with Crippen molar-refractivity contribution in [1.82, 2.24) is 20.4 Å². The van der Waals surface area contributed by atoms with Crippen molar-refractivity contribution in [2.24, 2.45) is 0 Å².